The number of ether oxygens (including phenoxy) is 1. The molecule has 1 amide bonds. The van der Waals surface area contributed by atoms with E-state index in [-0.39, 0.29) is 5.91 Å². The first-order valence-corrected chi connectivity index (χ1v) is 9.80. The number of pyridine rings is 1. The van der Waals surface area contributed by atoms with E-state index in [1.807, 2.05) is 53.3 Å². The van der Waals surface area contributed by atoms with Crippen LogP contribution in [0.25, 0.3) is 16.9 Å². The number of aromatic nitrogens is 3. The van der Waals surface area contributed by atoms with Crippen molar-refractivity contribution < 1.29 is 9.53 Å². The fourth-order valence-corrected chi connectivity index (χ4v) is 3.70. The zero-order valence-electron chi connectivity index (χ0n) is 16.5. The maximum Gasteiger partial charge on any atom is 0.252 e. The summed E-state index contributed by atoms with van der Waals surface area (Å²) in [6, 6.07) is 13.8. The van der Waals surface area contributed by atoms with Crippen LogP contribution in [0.3, 0.4) is 0 Å². The lowest BCUT2D eigenvalue weighted by molar-refractivity contribution is -0.146. The molecule has 0 radical (unpaired) electrons. The third-order valence-corrected chi connectivity index (χ3v) is 5.42. The zero-order chi connectivity index (χ0) is 20.1. The number of para-hydroxylation sites is 1. The van der Waals surface area contributed by atoms with Crippen LogP contribution in [0.4, 0.5) is 0 Å². The zero-order valence-corrected chi connectivity index (χ0v) is 16.5. The molecule has 0 unspecified atom stereocenters. The van der Waals surface area contributed by atoms with Crippen molar-refractivity contribution >= 4 is 5.91 Å². The van der Waals surface area contributed by atoms with E-state index < -0.39 is 5.60 Å². The molecule has 1 aliphatic rings. The number of amides is 1. The third-order valence-electron chi connectivity index (χ3n) is 5.42. The monoisotopic (exact) mass is 391 g/mol. The number of carbonyl (C=O) groups is 1. The molecule has 2 N–H and O–H groups in total. The average Bonchev–Trinajstić information content (AvgIpc) is 3.23. The number of hydrogen-bond acceptors (Lipinski definition) is 5. The summed E-state index contributed by atoms with van der Waals surface area (Å²) in [5, 5.41) is 11.1. The van der Waals surface area contributed by atoms with Crippen LogP contribution in [-0.2, 0) is 16.1 Å². The number of nitrogens with one attached hydrogen (secondary N) is 2. The first-order valence-electron chi connectivity index (χ1n) is 9.80. The van der Waals surface area contributed by atoms with Gasteiger partial charge in [-0.1, -0.05) is 18.2 Å². The summed E-state index contributed by atoms with van der Waals surface area (Å²) in [5.41, 5.74) is 2.92. The summed E-state index contributed by atoms with van der Waals surface area (Å²) in [5.74, 6) is -0.0744. The lowest BCUT2D eigenvalue weighted by Gasteiger charge is -2.34. The molecule has 0 saturated carbocycles. The molecule has 7 heteroatoms. The standard InChI is InChI=1S/C22H25N5O2/c1-29-22(9-13-24-14-10-22)21(28)25-15-18-16-27(19-5-3-2-4-6-19)26-20(18)17-7-11-23-12-8-17/h2-8,11-12,16,24H,9-10,13-15H2,1H3,(H,25,28). The second-order valence-corrected chi connectivity index (χ2v) is 7.15. The normalized spacial score (nSPS) is 15.8. The quantitative estimate of drug-likeness (QED) is 0.674. The van der Waals surface area contributed by atoms with Crippen molar-refractivity contribution in [1.29, 1.82) is 0 Å². The van der Waals surface area contributed by atoms with E-state index in [4.69, 9.17) is 9.84 Å². The second-order valence-electron chi connectivity index (χ2n) is 7.15. The Labute approximate surface area is 170 Å². The SMILES string of the molecule is COC1(C(=O)NCc2cn(-c3ccccc3)nc2-c2ccncc2)CCNCC1. The number of benzene rings is 1. The molecule has 0 spiro atoms. The third kappa shape index (κ3) is 4.06. The van der Waals surface area contributed by atoms with Crippen molar-refractivity contribution in [2.75, 3.05) is 20.2 Å². The van der Waals surface area contributed by atoms with E-state index in [1.165, 1.54) is 0 Å². The van der Waals surface area contributed by atoms with E-state index in [0.717, 1.165) is 35.6 Å². The molecule has 29 heavy (non-hydrogen) atoms. The molecule has 2 aromatic heterocycles. The van der Waals surface area contributed by atoms with Crippen molar-refractivity contribution in [2.24, 2.45) is 0 Å². The minimum Gasteiger partial charge on any atom is -0.368 e. The Kier molecular flexibility index (Phi) is 5.69. The molecule has 1 aromatic carbocycles. The number of rotatable bonds is 6. The number of carbonyl (C=O) groups excluding carboxylic acids is 1. The van der Waals surface area contributed by atoms with Crippen molar-refractivity contribution in [3.8, 4) is 16.9 Å². The minimum atomic E-state index is -0.766. The molecule has 0 atom stereocenters. The van der Waals surface area contributed by atoms with Crippen LogP contribution >= 0.6 is 0 Å². The summed E-state index contributed by atoms with van der Waals surface area (Å²) in [6.07, 6.45) is 6.78. The highest BCUT2D eigenvalue weighted by Gasteiger charge is 2.39. The predicted octanol–water partition coefficient (Wildman–Crippen LogP) is 2.32. The second kappa shape index (κ2) is 8.55. The summed E-state index contributed by atoms with van der Waals surface area (Å²) < 4.78 is 7.48. The summed E-state index contributed by atoms with van der Waals surface area (Å²) >= 11 is 0. The Balaban J connectivity index is 1.60. The Morgan fingerprint density at radius 2 is 1.90 bits per heavy atom. The Bertz CT molecular complexity index is 950. The molecule has 0 bridgehead atoms. The lowest BCUT2D eigenvalue weighted by Crippen LogP contribution is -2.53. The fourth-order valence-electron chi connectivity index (χ4n) is 3.70. The van der Waals surface area contributed by atoms with E-state index >= 15 is 0 Å². The Morgan fingerprint density at radius 3 is 2.59 bits per heavy atom. The molecular weight excluding hydrogens is 366 g/mol. The highest BCUT2D eigenvalue weighted by Crippen LogP contribution is 2.25. The average molecular weight is 391 g/mol. The van der Waals surface area contributed by atoms with Crippen LogP contribution in [-0.4, -0.2) is 46.5 Å². The number of methoxy groups -OCH3 is 1. The highest BCUT2D eigenvalue weighted by molar-refractivity contribution is 5.85. The van der Waals surface area contributed by atoms with Crippen LogP contribution in [0.15, 0.2) is 61.1 Å². The van der Waals surface area contributed by atoms with Gasteiger partial charge in [0.25, 0.3) is 5.91 Å². The molecule has 150 valence electrons. The number of nitrogens with zero attached hydrogens (tertiary/aromatic N) is 3. The predicted molar refractivity (Wildman–Crippen MR) is 110 cm³/mol. The minimum absolute atomic E-state index is 0.0744. The molecule has 7 nitrogen and oxygen atoms in total. The van der Waals surface area contributed by atoms with Crippen LogP contribution in [0.5, 0.6) is 0 Å². The molecular formula is C22H25N5O2. The molecule has 0 aliphatic carbocycles. The van der Waals surface area contributed by atoms with Gasteiger partial charge in [0.2, 0.25) is 0 Å². The molecule has 4 rings (SSSR count). The maximum absolute atomic E-state index is 12.9. The van der Waals surface area contributed by atoms with Gasteiger partial charge in [0.15, 0.2) is 0 Å². The molecule has 3 aromatic rings. The van der Waals surface area contributed by atoms with Gasteiger partial charge in [-0.3, -0.25) is 9.78 Å². The van der Waals surface area contributed by atoms with E-state index in [1.54, 1.807) is 19.5 Å². The van der Waals surface area contributed by atoms with Gasteiger partial charge in [0.1, 0.15) is 5.60 Å². The van der Waals surface area contributed by atoms with Gasteiger partial charge in [-0.05, 0) is 50.2 Å². The maximum atomic E-state index is 12.9. The van der Waals surface area contributed by atoms with Crippen LogP contribution < -0.4 is 10.6 Å². The summed E-state index contributed by atoms with van der Waals surface area (Å²) in [6.45, 7) is 1.92. The van der Waals surface area contributed by atoms with Gasteiger partial charge >= 0.3 is 0 Å². The van der Waals surface area contributed by atoms with E-state index in [2.05, 4.69) is 15.6 Å². The number of piperidine rings is 1. The van der Waals surface area contributed by atoms with Gasteiger partial charge < -0.3 is 15.4 Å². The van der Waals surface area contributed by atoms with Crippen molar-refractivity contribution in [2.45, 2.75) is 25.0 Å². The summed E-state index contributed by atoms with van der Waals surface area (Å²) in [7, 11) is 1.61. The smallest absolute Gasteiger partial charge is 0.252 e. The highest BCUT2D eigenvalue weighted by atomic mass is 16.5. The van der Waals surface area contributed by atoms with Crippen LogP contribution in [0.1, 0.15) is 18.4 Å². The lowest BCUT2D eigenvalue weighted by atomic mass is 9.91. The first kappa shape index (κ1) is 19.3. The molecule has 1 fully saturated rings. The first-order chi connectivity index (χ1) is 14.2. The van der Waals surface area contributed by atoms with Crippen LogP contribution in [0, 0.1) is 0 Å². The number of hydrogen-bond donors (Lipinski definition) is 2. The van der Waals surface area contributed by atoms with Crippen molar-refractivity contribution in [1.82, 2.24) is 25.4 Å². The van der Waals surface area contributed by atoms with Crippen molar-refractivity contribution in [3.05, 3.63) is 66.6 Å². The Hall–Kier alpha value is -3.03. The van der Waals surface area contributed by atoms with Gasteiger partial charge in [-0.2, -0.15) is 5.10 Å². The van der Waals surface area contributed by atoms with Gasteiger partial charge in [-0.15, -0.1) is 0 Å². The van der Waals surface area contributed by atoms with Gasteiger partial charge in [0, 0.05) is 43.4 Å². The Morgan fingerprint density at radius 1 is 1.17 bits per heavy atom. The van der Waals surface area contributed by atoms with Crippen LogP contribution in [0.2, 0.25) is 0 Å². The molecule has 1 aliphatic heterocycles. The van der Waals surface area contributed by atoms with Crippen molar-refractivity contribution in [3.63, 3.8) is 0 Å². The topological polar surface area (TPSA) is 81.1 Å². The summed E-state index contributed by atoms with van der Waals surface area (Å²) in [4.78, 5) is 17.0. The molecule has 1 saturated heterocycles. The van der Waals surface area contributed by atoms with E-state index in [9.17, 15) is 4.79 Å². The van der Waals surface area contributed by atoms with Gasteiger partial charge in [-0.25, -0.2) is 4.68 Å². The molecule has 3 heterocycles. The van der Waals surface area contributed by atoms with E-state index in [0.29, 0.717) is 19.4 Å². The van der Waals surface area contributed by atoms with Gasteiger partial charge in [0.05, 0.1) is 11.4 Å². The largest absolute Gasteiger partial charge is 0.368 e. The fraction of sp³-hybridized carbons (Fsp3) is 0.318.